The Labute approximate surface area is 145 Å². The van der Waals surface area contributed by atoms with Crippen LogP contribution in [0.4, 0.5) is 0 Å². The largest absolute Gasteiger partial charge is 0.474 e. The van der Waals surface area contributed by atoms with Crippen LogP contribution in [0, 0.1) is 0 Å². The number of rotatable bonds is 8. The maximum absolute atomic E-state index is 8.86. The molecule has 0 aliphatic rings. The van der Waals surface area contributed by atoms with Crippen LogP contribution in [0.5, 0.6) is 5.88 Å². The first-order chi connectivity index (χ1) is 11.8. The van der Waals surface area contributed by atoms with Gasteiger partial charge in [-0.05, 0) is 43.9 Å². The van der Waals surface area contributed by atoms with Crippen LogP contribution in [0.2, 0.25) is 0 Å². The standard InChI is InChI=1S/C18H24N2O2.C2H6/c1-3-16(4-2)22-18-15(9-6-5-7-12-21)13-14-10-8-11-19-17(14)20-18;1-2/h6,8-11,13,16,21H,3-5,7,12H2,1-2H3;1-2H3/b9-6+;. The van der Waals surface area contributed by atoms with Crippen LogP contribution >= 0.6 is 0 Å². The fourth-order valence-corrected chi connectivity index (χ4v) is 2.25. The average molecular weight is 330 g/mol. The van der Waals surface area contributed by atoms with E-state index in [0.29, 0.717) is 11.5 Å². The Morgan fingerprint density at radius 1 is 1.25 bits per heavy atom. The summed E-state index contributed by atoms with van der Waals surface area (Å²) in [7, 11) is 0. The van der Waals surface area contributed by atoms with Crippen LogP contribution in [0.3, 0.4) is 0 Å². The van der Waals surface area contributed by atoms with Gasteiger partial charge in [-0.3, -0.25) is 0 Å². The number of unbranched alkanes of at least 4 members (excludes halogenated alkanes) is 1. The number of pyridine rings is 2. The number of nitrogens with zero attached hydrogens (tertiary/aromatic N) is 2. The van der Waals surface area contributed by atoms with E-state index in [-0.39, 0.29) is 12.7 Å². The molecule has 132 valence electrons. The summed E-state index contributed by atoms with van der Waals surface area (Å²) in [5.74, 6) is 0.639. The Morgan fingerprint density at radius 2 is 2.00 bits per heavy atom. The summed E-state index contributed by atoms with van der Waals surface area (Å²) in [5, 5.41) is 9.86. The Bertz CT molecular complexity index is 622. The summed E-state index contributed by atoms with van der Waals surface area (Å²) in [4.78, 5) is 8.88. The fraction of sp³-hybridized carbons (Fsp3) is 0.500. The van der Waals surface area contributed by atoms with Crippen LogP contribution in [0.25, 0.3) is 17.1 Å². The second-order valence-corrected chi connectivity index (χ2v) is 5.26. The molecule has 0 fully saturated rings. The molecule has 0 bridgehead atoms. The van der Waals surface area contributed by atoms with Crippen LogP contribution < -0.4 is 4.74 Å². The van der Waals surface area contributed by atoms with E-state index in [2.05, 4.69) is 36.0 Å². The Balaban J connectivity index is 0.00000139. The molecule has 1 N–H and O–H groups in total. The zero-order valence-electron chi connectivity index (χ0n) is 15.3. The van der Waals surface area contributed by atoms with Gasteiger partial charge >= 0.3 is 0 Å². The summed E-state index contributed by atoms with van der Waals surface area (Å²) in [5.41, 5.74) is 1.67. The average Bonchev–Trinajstić information content (AvgIpc) is 2.64. The molecule has 2 rings (SSSR count). The quantitative estimate of drug-likeness (QED) is 0.691. The molecule has 0 saturated heterocycles. The second-order valence-electron chi connectivity index (χ2n) is 5.26. The van der Waals surface area contributed by atoms with E-state index in [0.717, 1.165) is 36.6 Å². The van der Waals surface area contributed by atoms with E-state index in [9.17, 15) is 0 Å². The molecule has 0 radical (unpaired) electrons. The second kappa shape index (κ2) is 11.6. The highest BCUT2D eigenvalue weighted by Crippen LogP contribution is 2.24. The summed E-state index contributed by atoms with van der Waals surface area (Å²) in [6.07, 6.45) is 9.49. The summed E-state index contributed by atoms with van der Waals surface area (Å²) in [6.45, 7) is 8.44. The van der Waals surface area contributed by atoms with Gasteiger partial charge in [0.05, 0.1) is 6.10 Å². The highest BCUT2D eigenvalue weighted by molar-refractivity contribution is 5.79. The third-order valence-corrected chi connectivity index (χ3v) is 3.60. The van der Waals surface area contributed by atoms with Gasteiger partial charge in [-0.25, -0.2) is 4.98 Å². The van der Waals surface area contributed by atoms with Crippen LogP contribution in [0.1, 0.15) is 58.9 Å². The number of aromatic nitrogens is 2. The number of hydrogen-bond acceptors (Lipinski definition) is 4. The lowest BCUT2D eigenvalue weighted by molar-refractivity contribution is 0.185. The molecule has 0 aliphatic carbocycles. The maximum atomic E-state index is 8.86. The first kappa shape index (κ1) is 20.1. The van der Waals surface area contributed by atoms with Crippen molar-refractivity contribution in [3.8, 4) is 5.88 Å². The molecule has 24 heavy (non-hydrogen) atoms. The predicted molar refractivity (Wildman–Crippen MR) is 101 cm³/mol. The van der Waals surface area contributed by atoms with Gasteiger partial charge in [-0.1, -0.05) is 39.8 Å². The number of aliphatic hydroxyl groups excluding tert-OH is 1. The summed E-state index contributed by atoms with van der Waals surface area (Å²) >= 11 is 0. The molecule has 2 heterocycles. The van der Waals surface area contributed by atoms with Crippen molar-refractivity contribution in [3.05, 3.63) is 36.0 Å². The van der Waals surface area contributed by atoms with E-state index in [1.807, 2.05) is 32.1 Å². The van der Waals surface area contributed by atoms with E-state index < -0.39 is 0 Å². The van der Waals surface area contributed by atoms with Gasteiger partial charge in [-0.2, -0.15) is 4.98 Å². The lowest BCUT2D eigenvalue weighted by atomic mass is 10.1. The number of ether oxygens (including phenoxy) is 1. The minimum Gasteiger partial charge on any atom is -0.474 e. The van der Waals surface area contributed by atoms with E-state index in [4.69, 9.17) is 9.84 Å². The Kier molecular flexibility index (Phi) is 9.70. The Hall–Kier alpha value is -1.94. The van der Waals surface area contributed by atoms with Gasteiger partial charge in [0.15, 0.2) is 5.65 Å². The SMILES string of the molecule is CC.CCC(CC)Oc1nc2ncccc2cc1/C=C/CCCO. The van der Waals surface area contributed by atoms with Crippen molar-refractivity contribution in [1.29, 1.82) is 0 Å². The van der Waals surface area contributed by atoms with Crippen molar-refractivity contribution in [1.82, 2.24) is 9.97 Å². The highest BCUT2D eigenvalue weighted by atomic mass is 16.5. The molecule has 4 nitrogen and oxygen atoms in total. The van der Waals surface area contributed by atoms with Gasteiger partial charge in [-0.15, -0.1) is 0 Å². The number of fused-ring (bicyclic) bond motifs is 1. The molecule has 2 aromatic heterocycles. The Morgan fingerprint density at radius 3 is 2.67 bits per heavy atom. The maximum Gasteiger partial charge on any atom is 0.223 e. The van der Waals surface area contributed by atoms with Gasteiger partial charge in [0.25, 0.3) is 0 Å². The van der Waals surface area contributed by atoms with E-state index in [1.54, 1.807) is 6.20 Å². The van der Waals surface area contributed by atoms with E-state index >= 15 is 0 Å². The smallest absolute Gasteiger partial charge is 0.223 e. The van der Waals surface area contributed by atoms with Crippen molar-refractivity contribution in [2.45, 2.75) is 59.5 Å². The number of aliphatic hydroxyl groups is 1. The molecule has 0 atom stereocenters. The number of hydrogen-bond donors (Lipinski definition) is 1. The van der Waals surface area contributed by atoms with Crippen molar-refractivity contribution in [3.63, 3.8) is 0 Å². The first-order valence-corrected chi connectivity index (χ1v) is 8.98. The molecule has 0 aliphatic heterocycles. The molecular weight excluding hydrogens is 300 g/mol. The van der Waals surface area contributed by atoms with Crippen molar-refractivity contribution < 1.29 is 9.84 Å². The molecule has 0 spiro atoms. The predicted octanol–water partition coefficient (Wildman–Crippen LogP) is 5.01. The van der Waals surface area contributed by atoms with E-state index in [1.165, 1.54) is 0 Å². The van der Waals surface area contributed by atoms with Gasteiger partial charge in [0, 0.05) is 23.8 Å². The van der Waals surface area contributed by atoms with Crippen LogP contribution in [-0.4, -0.2) is 27.8 Å². The van der Waals surface area contributed by atoms with Crippen molar-refractivity contribution in [2.75, 3.05) is 6.61 Å². The summed E-state index contributed by atoms with van der Waals surface area (Å²) < 4.78 is 6.06. The molecule has 2 aromatic rings. The fourth-order valence-electron chi connectivity index (χ4n) is 2.25. The minimum absolute atomic E-state index is 0.165. The van der Waals surface area contributed by atoms with Crippen molar-refractivity contribution in [2.24, 2.45) is 0 Å². The minimum atomic E-state index is 0.165. The molecular formula is C20H30N2O2. The normalized spacial score (nSPS) is 10.9. The molecule has 0 saturated carbocycles. The van der Waals surface area contributed by atoms with Gasteiger partial charge < -0.3 is 9.84 Å². The lowest BCUT2D eigenvalue weighted by Gasteiger charge is -2.16. The molecule has 0 aromatic carbocycles. The third-order valence-electron chi connectivity index (χ3n) is 3.60. The topological polar surface area (TPSA) is 55.2 Å². The van der Waals surface area contributed by atoms with Crippen LogP contribution in [-0.2, 0) is 0 Å². The van der Waals surface area contributed by atoms with Crippen molar-refractivity contribution >= 4 is 17.1 Å². The van der Waals surface area contributed by atoms with Crippen LogP contribution in [0.15, 0.2) is 30.5 Å². The zero-order chi connectivity index (χ0) is 17.8. The molecule has 0 unspecified atom stereocenters. The molecule has 4 heteroatoms. The molecule has 0 amide bonds. The van der Waals surface area contributed by atoms with Gasteiger partial charge in [0.2, 0.25) is 5.88 Å². The third kappa shape index (κ3) is 5.93. The first-order valence-electron chi connectivity index (χ1n) is 8.98. The number of allylic oxidation sites excluding steroid dienone is 1. The monoisotopic (exact) mass is 330 g/mol. The zero-order valence-corrected chi connectivity index (χ0v) is 15.3. The lowest BCUT2D eigenvalue weighted by Crippen LogP contribution is -2.15. The highest BCUT2D eigenvalue weighted by Gasteiger charge is 2.11. The summed E-state index contributed by atoms with van der Waals surface area (Å²) in [6, 6.07) is 5.97. The van der Waals surface area contributed by atoms with Gasteiger partial charge in [0.1, 0.15) is 0 Å².